The summed E-state index contributed by atoms with van der Waals surface area (Å²) in [6, 6.07) is 16.1. The number of hydrogen-bond acceptors (Lipinski definition) is 4. The van der Waals surface area contributed by atoms with E-state index in [1.807, 2.05) is 42.5 Å². The normalized spacial score (nSPS) is 19.1. The number of nitrogens with zero attached hydrogens (tertiary/aromatic N) is 1. The first kappa shape index (κ1) is 17.8. The number of nitrogens with one attached hydrogen (secondary N) is 2. The van der Waals surface area contributed by atoms with Crippen LogP contribution in [0.2, 0.25) is 0 Å². The monoisotopic (exact) mass is 377 g/mol. The van der Waals surface area contributed by atoms with Crippen molar-refractivity contribution in [3.8, 4) is 0 Å². The molecule has 2 heterocycles. The molecule has 0 spiro atoms. The number of fused-ring (bicyclic) bond motifs is 1. The zero-order valence-electron chi connectivity index (χ0n) is 15.3. The Balaban J connectivity index is 1.55. The van der Waals surface area contributed by atoms with Crippen LogP contribution in [0, 0.1) is 0 Å². The molecule has 0 radical (unpaired) electrons. The van der Waals surface area contributed by atoms with E-state index in [1.165, 1.54) is 6.26 Å². The van der Waals surface area contributed by atoms with E-state index in [0.29, 0.717) is 11.3 Å². The molecule has 1 aliphatic rings. The highest BCUT2D eigenvalue weighted by Gasteiger charge is 2.50. The third kappa shape index (κ3) is 3.00. The molecule has 1 unspecified atom stereocenters. The van der Waals surface area contributed by atoms with Gasteiger partial charge < -0.3 is 15.1 Å². The molecule has 1 aromatic heterocycles. The van der Waals surface area contributed by atoms with Gasteiger partial charge in [0, 0.05) is 0 Å². The molecular weight excluding hydrogens is 358 g/mol. The van der Waals surface area contributed by atoms with Crippen LogP contribution in [0.1, 0.15) is 18.2 Å². The Hall–Kier alpha value is -3.61. The van der Waals surface area contributed by atoms with Gasteiger partial charge in [-0.2, -0.15) is 0 Å². The second-order valence-corrected chi connectivity index (χ2v) is 6.83. The van der Waals surface area contributed by atoms with Crippen molar-refractivity contribution < 1.29 is 18.8 Å². The Kier molecular flexibility index (Phi) is 4.35. The van der Waals surface area contributed by atoms with Gasteiger partial charge in [0.25, 0.3) is 5.91 Å². The van der Waals surface area contributed by atoms with Crippen LogP contribution in [0.4, 0.5) is 4.79 Å². The Morgan fingerprint density at radius 1 is 1.11 bits per heavy atom. The van der Waals surface area contributed by atoms with Gasteiger partial charge in [0.2, 0.25) is 5.91 Å². The average molecular weight is 377 g/mol. The molecule has 4 rings (SSSR count). The number of urea groups is 1. The van der Waals surface area contributed by atoms with Gasteiger partial charge in [-0.05, 0) is 35.4 Å². The fraction of sp³-hybridized carbons (Fsp3) is 0.190. The molecule has 1 saturated heterocycles. The Bertz CT molecular complexity index is 1060. The summed E-state index contributed by atoms with van der Waals surface area (Å²) in [7, 11) is 0. The molecule has 1 aliphatic heterocycles. The SMILES string of the molecule is CC1(c2cccc3ccccc23)NC(=O)N(CC(=O)NCc2ccco2)C1=O. The summed E-state index contributed by atoms with van der Waals surface area (Å²) < 4.78 is 5.15. The molecule has 142 valence electrons. The third-order valence-electron chi connectivity index (χ3n) is 4.94. The Labute approximate surface area is 161 Å². The van der Waals surface area contributed by atoms with Crippen LogP contribution in [-0.2, 0) is 21.7 Å². The first-order chi connectivity index (χ1) is 13.5. The van der Waals surface area contributed by atoms with Crippen molar-refractivity contribution in [1.82, 2.24) is 15.5 Å². The van der Waals surface area contributed by atoms with Crippen LogP contribution in [0.15, 0.2) is 65.3 Å². The lowest BCUT2D eigenvalue weighted by atomic mass is 9.88. The third-order valence-corrected chi connectivity index (χ3v) is 4.94. The molecule has 4 amide bonds. The molecule has 0 aliphatic carbocycles. The molecule has 2 aromatic carbocycles. The van der Waals surface area contributed by atoms with Crippen molar-refractivity contribution in [2.45, 2.75) is 19.0 Å². The zero-order chi connectivity index (χ0) is 19.7. The second kappa shape index (κ2) is 6.84. The van der Waals surface area contributed by atoms with E-state index in [0.717, 1.165) is 15.7 Å². The summed E-state index contributed by atoms with van der Waals surface area (Å²) in [5, 5.41) is 7.25. The molecule has 1 fully saturated rings. The van der Waals surface area contributed by atoms with E-state index in [9.17, 15) is 14.4 Å². The van der Waals surface area contributed by atoms with Crippen LogP contribution >= 0.6 is 0 Å². The lowest BCUT2D eigenvalue weighted by Gasteiger charge is -2.24. The number of furan rings is 1. The number of benzene rings is 2. The topological polar surface area (TPSA) is 91.7 Å². The Morgan fingerprint density at radius 2 is 1.89 bits per heavy atom. The fourth-order valence-electron chi connectivity index (χ4n) is 3.48. The van der Waals surface area contributed by atoms with Crippen molar-refractivity contribution in [1.29, 1.82) is 0 Å². The fourth-order valence-corrected chi connectivity index (χ4v) is 3.48. The number of carbonyl (C=O) groups is 3. The van der Waals surface area contributed by atoms with E-state index in [-0.39, 0.29) is 13.1 Å². The van der Waals surface area contributed by atoms with E-state index in [1.54, 1.807) is 19.1 Å². The minimum Gasteiger partial charge on any atom is -0.467 e. The maximum atomic E-state index is 13.1. The van der Waals surface area contributed by atoms with E-state index < -0.39 is 23.4 Å². The number of hydrogen-bond donors (Lipinski definition) is 2. The number of rotatable bonds is 5. The number of imide groups is 1. The predicted molar refractivity (Wildman–Crippen MR) is 102 cm³/mol. The lowest BCUT2D eigenvalue weighted by molar-refractivity contribution is -0.134. The van der Waals surface area contributed by atoms with Crippen molar-refractivity contribution in [3.63, 3.8) is 0 Å². The predicted octanol–water partition coefficient (Wildman–Crippen LogP) is 2.52. The standard InChI is InChI=1S/C21H19N3O4/c1-21(17-10-4-7-14-6-2-3-9-16(14)17)19(26)24(20(27)23-21)13-18(25)22-12-15-8-5-11-28-15/h2-11H,12-13H2,1H3,(H,22,25)(H,23,27). The number of amides is 4. The first-order valence-corrected chi connectivity index (χ1v) is 8.90. The largest absolute Gasteiger partial charge is 0.467 e. The first-order valence-electron chi connectivity index (χ1n) is 8.90. The van der Waals surface area contributed by atoms with Gasteiger partial charge in [-0.15, -0.1) is 0 Å². The van der Waals surface area contributed by atoms with E-state index in [2.05, 4.69) is 10.6 Å². The molecular formula is C21H19N3O4. The van der Waals surface area contributed by atoms with E-state index in [4.69, 9.17) is 4.42 Å². The molecule has 0 bridgehead atoms. The van der Waals surface area contributed by atoms with Crippen LogP contribution in [0.3, 0.4) is 0 Å². The minimum atomic E-state index is -1.24. The van der Waals surface area contributed by atoms with Gasteiger partial charge in [0.1, 0.15) is 17.8 Å². The van der Waals surface area contributed by atoms with Crippen LogP contribution in [-0.4, -0.2) is 29.3 Å². The summed E-state index contributed by atoms with van der Waals surface area (Å²) >= 11 is 0. The summed E-state index contributed by atoms with van der Waals surface area (Å²) in [6.45, 7) is 1.50. The summed E-state index contributed by atoms with van der Waals surface area (Å²) in [4.78, 5) is 38.7. The Morgan fingerprint density at radius 3 is 2.68 bits per heavy atom. The smallest absolute Gasteiger partial charge is 0.325 e. The highest BCUT2D eigenvalue weighted by Crippen LogP contribution is 2.33. The van der Waals surface area contributed by atoms with Crippen molar-refractivity contribution >= 4 is 28.6 Å². The maximum Gasteiger partial charge on any atom is 0.325 e. The quantitative estimate of drug-likeness (QED) is 0.669. The minimum absolute atomic E-state index is 0.191. The number of carbonyl (C=O) groups excluding carboxylic acids is 3. The van der Waals surface area contributed by atoms with Crippen LogP contribution < -0.4 is 10.6 Å². The van der Waals surface area contributed by atoms with Gasteiger partial charge in [-0.3, -0.25) is 14.5 Å². The molecule has 0 saturated carbocycles. The molecule has 1 atom stereocenters. The van der Waals surface area contributed by atoms with Crippen LogP contribution in [0.25, 0.3) is 10.8 Å². The molecule has 7 heteroatoms. The molecule has 28 heavy (non-hydrogen) atoms. The highest BCUT2D eigenvalue weighted by molar-refractivity contribution is 6.10. The lowest BCUT2D eigenvalue weighted by Crippen LogP contribution is -2.43. The highest BCUT2D eigenvalue weighted by atomic mass is 16.3. The second-order valence-electron chi connectivity index (χ2n) is 6.83. The summed E-state index contributed by atoms with van der Waals surface area (Å²) in [5.74, 6) is -0.310. The van der Waals surface area contributed by atoms with Crippen LogP contribution in [0.5, 0.6) is 0 Å². The van der Waals surface area contributed by atoms with E-state index >= 15 is 0 Å². The van der Waals surface area contributed by atoms with Crippen molar-refractivity contribution in [2.75, 3.05) is 6.54 Å². The average Bonchev–Trinajstić information content (AvgIpc) is 3.29. The zero-order valence-corrected chi connectivity index (χ0v) is 15.3. The van der Waals surface area contributed by atoms with Gasteiger partial charge in [-0.25, -0.2) is 4.79 Å². The van der Waals surface area contributed by atoms with Gasteiger partial charge >= 0.3 is 6.03 Å². The van der Waals surface area contributed by atoms with Crippen molar-refractivity contribution in [3.05, 3.63) is 72.2 Å². The van der Waals surface area contributed by atoms with Gasteiger partial charge in [0.15, 0.2) is 0 Å². The maximum absolute atomic E-state index is 13.1. The molecule has 3 aromatic rings. The molecule has 7 nitrogen and oxygen atoms in total. The summed E-state index contributed by atoms with van der Waals surface area (Å²) in [6.07, 6.45) is 1.51. The summed E-state index contributed by atoms with van der Waals surface area (Å²) in [5.41, 5.74) is -0.540. The van der Waals surface area contributed by atoms with Gasteiger partial charge in [-0.1, -0.05) is 42.5 Å². The van der Waals surface area contributed by atoms with Crippen molar-refractivity contribution in [2.24, 2.45) is 0 Å². The molecule has 2 N–H and O–H groups in total. The van der Waals surface area contributed by atoms with Gasteiger partial charge in [0.05, 0.1) is 12.8 Å².